The molecule has 0 saturated heterocycles. The van der Waals surface area contributed by atoms with Crippen molar-refractivity contribution in [2.24, 2.45) is 0 Å². The van der Waals surface area contributed by atoms with Crippen LogP contribution in [0, 0.1) is 20.8 Å². The van der Waals surface area contributed by atoms with E-state index >= 15 is 0 Å². The molecule has 0 fully saturated rings. The summed E-state index contributed by atoms with van der Waals surface area (Å²) in [5.41, 5.74) is 7.06. The Morgan fingerprint density at radius 2 is 1.95 bits per heavy atom. The van der Waals surface area contributed by atoms with Gasteiger partial charge >= 0.3 is 0 Å². The van der Waals surface area contributed by atoms with Crippen LogP contribution in [0.4, 0.5) is 0 Å². The van der Waals surface area contributed by atoms with Crippen molar-refractivity contribution in [2.75, 3.05) is 6.54 Å². The third-order valence-corrected chi connectivity index (χ3v) is 3.86. The molecule has 2 rings (SSSR count). The molecule has 2 aromatic rings. The van der Waals surface area contributed by atoms with Crippen molar-refractivity contribution in [2.45, 2.75) is 54.0 Å². The van der Waals surface area contributed by atoms with Crippen LogP contribution in [0.5, 0.6) is 0 Å². The van der Waals surface area contributed by atoms with Gasteiger partial charge < -0.3 is 5.32 Å². The van der Waals surface area contributed by atoms with Crippen LogP contribution in [0.3, 0.4) is 0 Å². The third kappa shape index (κ3) is 3.32. The average Bonchev–Trinajstić information content (AvgIpc) is 2.75. The highest BCUT2D eigenvalue weighted by Gasteiger charge is 2.14. The molecular weight excluding hydrogens is 260 g/mol. The molecule has 0 aliphatic heterocycles. The van der Waals surface area contributed by atoms with E-state index in [1.165, 1.54) is 16.8 Å². The van der Waals surface area contributed by atoms with Gasteiger partial charge in [0, 0.05) is 29.7 Å². The molecule has 1 N–H and O–H groups in total. The van der Waals surface area contributed by atoms with Crippen molar-refractivity contribution in [1.82, 2.24) is 20.1 Å². The fourth-order valence-corrected chi connectivity index (χ4v) is 2.73. The maximum atomic E-state index is 4.74. The summed E-state index contributed by atoms with van der Waals surface area (Å²) in [6, 6.07) is 2.13. The van der Waals surface area contributed by atoms with Gasteiger partial charge in [-0.3, -0.25) is 4.98 Å². The number of hydrogen-bond acceptors (Lipinski definition) is 3. The molecule has 0 atom stereocenters. The second kappa shape index (κ2) is 6.85. The molecule has 2 aromatic heterocycles. The molecule has 0 aliphatic carbocycles. The zero-order valence-corrected chi connectivity index (χ0v) is 13.8. The van der Waals surface area contributed by atoms with Gasteiger partial charge in [0.25, 0.3) is 0 Å². The van der Waals surface area contributed by atoms with Crippen molar-refractivity contribution in [1.29, 1.82) is 0 Å². The molecule has 0 saturated carbocycles. The molecule has 4 nitrogen and oxygen atoms in total. The first-order chi connectivity index (χ1) is 10.1. The van der Waals surface area contributed by atoms with Gasteiger partial charge in [-0.15, -0.1) is 0 Å². The standard InChI is InChI=1S/C17H26N4/c1-6-8-18-10-15-11-19-12(3)9-17(15)21-14(5)16(7-2)13(4)20-21/h9,11,18H,6-8,10H2,1-5H3. The second-order valence-corrected chi connectivity index (χ2v) is 5.55. The van der Waals surface area contributed by atoms with Crippen LogP contribution in [0.25, 0.3) is 5.69 Å². The number of nitrogens with zero attached hydrogens (tertiary/aromatic N) is 3. The summed E-state index contributed by atoms with van der Waals surface area (Å²) in [4.78, 5) is 4.44. The highest BCUT2D eigenvalue weighted by Crippen LogP contribution is 2.21. The summed E-state index contributed by atoms with van der Waals surface area (Å²) in [7, 11) is 0. The minimum absolute atomic E-state index is 0.830. The lowest BCUT2D eigenvalue weighted by Crippen LogP contribution is -2.16. The van der Waals surface area contributed by atoms with Crippen LogP contribution in [0.2, 0.25) is 0 Å². The Labute approximate surface area is 127 Å². The lowest BCUT2D eigenvalue weighted by molar-refractivity contribution is 0.666. The first kappa shape index (κ1) is 15.7. The van der Waals surface area contributed by atoms with Gasteiger partial charge in [-0.2, -0.15) is 5.10 Å². The van der Waals surface area contributed by atoms with Gasteiger partial charge in [0.05, 0.1) is 11.4 Å². The van der Waals surface area contributed by atoms with E-state index in [1.807, 2.05) is 13.1 Å². The van der Waals surface area contributed by atoms with Crippen molar-refractivity contribution in [3.8, 4) is 5.69 Å². The number of nitrogens with one attached hydrogen (secondary N) is 1. The van der Waals surface area contributed by atoms with E-state index in [0.29, 0.717) is 0 Å². The molecule has 0 unspecified atom stereocenters. The molecule has 0 radical (unpaired) electrons. The van der Waals surface area contributed by atoms with E-state index in [4.69, 9.17) is 5.10 Å². The normalized spacial score (nSPS) is 11.1. The molecule has 21 heavy (non-hydrogen) atoms. The summed E-state index contributed by atoms with van der Waals surface area (Å²) in [5.74, 6) is 0. The zero-order chi connectivity index (χ0) is 15.4. The van der Waals surface area contributed by atoms with Crippen molar-refractivity contribution < 1.29 is 0 Å². The second-order valence-electron chi connectivity index (χ2n) is 5.55. The van der Waals surface area contributed by atoms with Crippen LogP contribution in [-0.2, 0) is 13.0 Å². The Balaban J connectivity index is 2.44. The van der Waals surface area contributed by atoms with Gasteiger partial charge in [-0.05, 0) is 51.8 Å². The molecular formula is C17H26N4. The van der Waals surface area contributed by atoms with Crippen LogP contribution in [-0.4, -0.2) is 21.3 Å². The summed E-state index contributed by atoms with van der Waals surface area (Å²) < 4.78 is 2.08. The van der Waals surface area contributed by atoms with Crippen molar-refractivity contribution >= 4 is 0 Å². The number of pyridine rings is 1. The van der Waals surface area contributed by atoms with E-state index in [0.717, 1.165) is 43.0 Å². The van der Waals surface area contributed by atoms with E-state index in [9.17, 15) is 0 Å². The first-order valence-electron chi connectivity index (χ1n) is 7.80. The maximum absolute atomic E-state index is 4.74. The fraction of sp³-hybridized carbons (Fsp3) is 0.529. The molecule has 2 heterocycles. The quantitative estimate of drug-likeness (QED) is 0.829. The summed E-state index contributed by atoms with van der Waals surface area (Å²) in [6.45, 7) is 12.5. The Bertz CT molecular complexity index is 613. The van der Waals surface area contributed by atoms with Crippen LogP contribution in [0.15, 0.2) is 12.3 Å². The van der Waals surface area contributed by atoms with E-state index in [1.54, 1.807) is 0 Å². The van der Waals surface area contributed by atoms with Crippen molar-refractivity contribution in [3.05, 3.63) is 40.5 Å². The average molecular weight is 286 g/mol. The number of hydrogen-bond donors (Lipinski definition) is 1. The van der Waals surface area contributed by atoms with E-state index in [-0.39, 0.29) is 0 Å². The first-order valence-corrected chi connectivity index (χ1v) is 7.80. The smallest absolute Gasteiger partial charge is 0.0727 e. The molecule has 0 aromatic carbocycles. The Hall–Kier alpha value is -1.68. The van der Waals surface area contributed by atoms with Crippen LogP contribution < -0.4 is 5.32 Å². The number of aromatic nitrogens is 3. The molecule has 0 bridgehead atoms. The van der Waals surface area contributed by atoms with E-state index < -0.39 is 0 Å². The Morgan fingerprint density at radius 1 is 1.19 bits per heavy atom. The highest BCUT2D eigenvalue weighted by atomic mass is 15.3. The zero-order valence-electron chi connectivity index (χ0n) is 13.8. The molecule has 4 heteroatoms. The van der Waals surface area contributed by atoms with Crippen molar-refractivity contribution in [3.63, 3.8) is 0 Å². The summed E-state index contributed by atoms with van der Waals surface area (Å²) >= 11 is 0. The number of rotatable bonds is 6. The lowest BCUT2D eigenvalue weighted by Gasteiger charge is -2.13. The van der Waals surface area contributed by atoms with Gasteiger partial charge in [0.2, 0.25) is 0 Å². The largest absolute Gasteiger partial charge is 0.313 e. The van der Waals surface area contributed by atoms with Gasteiger partial charge in [-0.25, -0.2) is 4.68 Å². The predicted octanol–water partition coefficient (Wildman–Crippen LogP) is 3.25. The minimum Gasteiger partial charge on any atom is -0.313 e. The highest BCUT2D eigenvalue weighted by molar-refractivity contribution is 5.43. The Kier molecular flexibility index (Phi) is 5.12. The van der Waals surface area contributed by atoms with Gasteiger partial charge in [0.1, 0.15) is 0 Å². The van der Waals surface area contributed by atoms with Gasteiger partial charge in [-0.1, -0.05) is 13.8 Å². The predicted molar refractivity (Wildman–Crippen MR) is 86.9 cm³/mol. The molecule has 0 aliphatic rings. The Morgan fingerprint density at radius 3 is 2.57 bits per heavy atom. The molecule has 114 valence electrons. The topological polar surface area (TPSA) is 42.7 Å². The number of aryl methyl sites for hydroxylation is 2. The van der Waals surface area contributed by atoms with Crippen LogP contribution >= 0.6 is 0 Å². The van der Waals surface area contributed by atoms with Crippen LogP contribution in [0.1, 0.15) is 48.5 Å². The minimum atomic E-state index is 0.830. The third-order valence-electron chi connectivity index (χ3n) is 3.86. The monoisotopic (exact) mass is 286 g/mol. The van der Waals surface area contributed by atoms with E-state index in [2.05, 4.69) is 48.7 Å². The maximum Gasteiger partial charge on any atom is 0.0727 e. The SMILES string of the molecule is CCCNCc1cnc(C)cc1-n1nc(C)c(CC)c1C. The molecule has 0 amide bonds. The summed E-state index contributed by atoms with van der Waals surface area (Å²) in [6.07, 6.45) is 4.12. The molecule has 0 spiro atoms. The lowest BCUT2D eigenvalue weighted by atomic mass is 10.1. The fourth-order valence-electron chi connectivity index (χ4n) is 2.73. The van der Waals surface area contributed by atoms with Gasteiger partial charge in [0.15, 0.2) is 0 Å². The summed E-state index contributed by atoms with van der Waals surface area (Å²) in [5, 5.41) is 8.20.